The fourth-order valence-electron chi connectivity index (χ4n) is 3.65. The molecule has 0 aromatic rings. The van der Waals surface area contributed by atoms with Crippen LogP contribution in [0.1, 0.15) is 116 Å². The molecule has 7 heteroatoms. The molecule has 0 spiro atoms. The molecule has 6 nitrogen and oxygen atoms in total. The van der Waals surface area contributed by atoms with Gasteiger partial charge in [-0.05, 0) is 6.42 Å². The topological polar surface area (TPSA) is 86.7 Å². The first kappa shape index (κ1) is 33.0. The predicted molar refractivity (Wildman–Crippen MR) is 130 cm³/mol. The molecule has 1 unspecified atom stereocenters. The van der Waals surface area contributed by atoms with Gasteiger partial charge in [-0.3, -0.25) is 4.18 Å². The molecule has 0 aliphatic carbocycles. The van der Waals surface area contributed by atoms with Crippen LogP contribution in [0.2, 0.25) is 0 Å². The van der Waals surface area contributed by atoms with Crippen LogP contribution in [0.3, 0.4) is 0 Å². The van der Waals surface area contributed by atoms with Crippen molar-refractivity contribution in [3.05, 3.63) is 0 Å². The summed E-state index contributed by atoms with van der Waals surface area (Å²) in [5.41, 5.74) is 0. The van der Waals surface area contributed by atoms with E-state index in [1.54, 1.807) is 0 Å². The van der Waals surface area contributed by atoms with Gasteiger partial charge >= 0.3 is 0 Å². The summed E-state index contributed by atoms with van der Waals surface area (Å²) in [6, 6.07) is 0. The van der Waals surface area contributed by atoms with Gasteiger partial charge in [0.05, 0.1) is 28.3 Å². The Labute approximate surface area is 194 Å². The van der Waals surface area contributed by atoms with Crippen molar-refractivity contribution in [3.63, 3.8) is 0 Å². The van der Waals surface area contributed by atoms with Gasteiger partial charge in [0.1, 0.15) is 12.6 Å². The van der Waals surface area contributed by atoms with Gasteiger partial charge < -0.3 is 14.1 Å². The van der Waals surface area contributed by atoms with Gasteiger partial charge in [0.2, 0.25) is 10.4 Å². The zero-order chi connectivity index (χ0) is 24.0. The molecule has 0 aromatic heterocycles. The molecule has 0 rings (SSSR count). The molecule has 0 saturated heterocycles. The minimum absolute atomic E-state index is 0.119. The standard InChI is InChI=1S/C23H50NO.CH4O4S/c1-5-6-7-8-9-10-11-12-13-14-15-16-17-18-19-20-21-23(25)22-24(2,3)4;1-5-6(2,3)4/h23,25H,5-22H2,1-4H3;1H3,(H,2,3,4)/q+1;/p-1. The van der Waals surface area contributed by atoms with Gasteiger partial charge in [-0.15, -0.1) is 0 Å². The number of aliphatic hydroxyl groups excluding tert-OH is 1. The molecule has 31 heavy (non-hydrogen) atoms. The van der Waals surface area contributed by atoms with E-state index in [1.807, 2.05) is 0 Å². The number of unbranched alkanes of at least 4 members (excludes halogenated alkanes) is 15. The number of hydrogen-bond donors (Lipinski definition) is 1. The molecule has 0 amide bonds. The maximum atomic E-state index is 9.98. The third-order valence-electron chi connectivity index (χ3n) is 5.35. The van der Waals surface area contributed by atoms with Crippen LogP contribution >= 0.6 is 0 Å². The van der Waals surface area contributed by atoms with Gasteiger partial charge in [-0.25, -0.2) is 8.42 Å². The number of quaternary nitrogens is 1. The molecular formula is C24H53NO5S. The van der Waals surface area contributed by atoms with Crippen molar-refractivity contribution in [2.24, 2.45) is 0 Å². The number of rotatable bonds is 20. The highest BCUT2D eigenvalue weighted by atomic mass is 32.3. The fraction of sp³-hybridized carbons (Fsp3) is 1.00. The highest BCUT2D eigenvalue weighted by molar-refractivity contribution is 7.80. The van der Waals surface area contributed by atoms with Crippen LogP contribution in [0.4, 0.5) is 0 Å². The normalized spacial score (nSPS) is 13.0. The zero-order valence-electron chi connectivity index (χ0n) is 21.2. The molecule has 0 aromatic carbocycles. The van der Waals surface area contributed by atoms with Gasteiger partial charge in [0.25, 0.3) is 0 Å². The molecule has 0 saturated carbocycles. The van der Waals surface area contributed by atoms with E-state index >= 15 is 0 Å². The number of hydrogen-bond acceptors (Lipinski definition) is 5. The summed E-state index contributed by atoms with van der Waals surface area (Å²) in [5.74, 6) is 0. The number of likely N-dealkylation sites (N-methyl/N-ethyl adjacent to an activating group) is 1. The third kappa shape index (κ3) is 34.6. The second-order valence-corrected chi connectivity index (χ2v) is 10.9. The average molecular weight is 468 g/mol. The van der Waals surface area contributed by atoms with Crippen molar-refractivity contribution in [3.8, 4) is 0 Å². The van der Waals surface area contributed by atoms with Crippen molar-refractivity contribution >= 4 is 10.4 Å². The quantitative estimate of drug-likeness (QED) is 0.106. The Hall–Kier alpha value is -0.210. The van der Waals surface area contributed by atoms with Crippen LogP contribution in [0, 0.1) is 0 Å². The van der Waals surface area contributed by atoms with Gasteiger partial charge in [-0.1, -0.05) is 110 Å². The average Bonchev–Trinajstić information content (AvgIpc) is 2.66. The van der Waals surface area contributed by atoms with E-state index in [0.717, 1.165) is 24.6 Å². The lowest BCUT2D eigenvalue weighted by molar-refractivity contribution is -0.873. The number of aliphatic hydroxyl groups is 1. The lowest BCUT2D eigenvalue weighted by Crippen LogP contribution is -2.41. The minimum atomic E-state index is -4.41. The van der Waals surface area contributed by atoms with Crippen LogP contribution in [-0.4, -0.2) is 63.5 Å². The Balaban J connectivity index is 0. The first-order chi connectivity index (χ1) is 14.5. The van der Waals surface area contributed by atoms with E-state index in [2.05, 4.69) is 32.2 Å². The molecule has 0 radical (unpaired) electrons. The Morgan fingerprint density at radius 2 is 1.03 bits per heavy atom. The Morgan fingerprint density at radius 3 is 1.29 bits per heavy atom. The monoisotopic (exact) mass is 467 g/mol. The van der Waals surface area contributed by atoms with E-state index in [-0.39, 0.29) is 6.10 Å². The van der Waals surface area contributed by atoms with Crippen LogP contribution < -0.4 is 0 Å². The van der Waals surface area contributed by atoms with Crippen LogP contribution in [0.25, 0.3) is 0 Å². The van der Waals surface area contributed by atoms with Gasteiger partial charge in [0, 0.05) is 0 Å². The maximum Gasteiger partial charge on any atom is 0.217 e. The Morgan fingerprint density at radius 1 is 0.742 bits per heavy atom. The number of nitrogens with zero attached hydrogens (tertiary/aromatic N) is 1. The first-order valence-electron chi connectivity index (χ1n) is 12.5. The first-order valence-corrected chi connectivity index (χ1v) is 13.8. The highest BCUT2D eigenvalue weighted by Gasteiger charge is 2.14. The van der Waals surface area contributed by atoms with Crippen LogP contribution in [0.15, 0.2) is 0 Å². The van der Waals surface area contributed by atoms with Crippen molar-refractivity contribution in [1.82, 2.24) is 0 Å². The summed E-state index contributed by atoms with van der Waals surface area (Å²) in [6.07, 6.45) is 23.4. The molecule has 0 heterocycles. The van der Waals surface area contributed by atoms with Gasteiger partial charge in [0.15, 0.2) is 0 Å². The second-order valence-electron chi connectivity index (χ2n) is 9.79. The van der Waals surface area contributed by atoms with Crippen molar-refractivity contribution in [2.75, 3.05) is 34.8 Å². The molecule has 190 valence electrons. The molecular weight excluding hydrogens is 414 g/mol. The van der Waals surface area contributed by atoms with Crippen molar-refractivity contribution < 1.29 is 26.7 Å². The lowest BCUT2D eigenvalue weighted by Gasteiger charge is -2.26. The maximum absolute atomic E-state index is 9.98. The van der Waals surface area contributed by atoms with Crippen molar-refractivity contribution in [2.45, 2.75) is 122 Å². The van der Waals surface area contributed by atoms with Crippen LogP contribution in [-0.2, 0) is 14.6 Å². The molecule has 0 aliphatic heterocycles. The predicted octanol–water partition coefficient (Wildman–Crippen LogP) is 5.80. The lowest BCUT2D eigenvalue weighted by atomic mass is 10.0. The highest BCUT2D eigenvalue weighted by Crippen LogP contribution is 2.14. The van der Waals surface area contributed by atoms with Gasteiger partial charge in [-0.2, -0.15) is 0 Å². The fourth-order valence-corrected chi connectivity index (χ4v) is 3.65. The van der Waals surface area contributed by atoms with E-state index in [1.165, 1.54) is 103 Å². The Kier molecular flexibility index (Phi) is 23.0. The SMILES string of the molecule is CCCCCCCCCCCCCCCCCCC(O)C[N+](C)(C)C.COS(=O)(=O)[O-]. The van der Waals surface area contributed by atoms with Crippen LogP contribution in [0.5, 0.6) is 0 Å². The molecule has 0 bridgehead atoms. The summed E-state index contributed by atoms with van der Waals surface area (Å²) in [4.78, 5) is 0. The minimum Gasteiger partial charge on any atom is -0.726 e. The van der Waals surface area contributed by atoms with E-state index in [9.17, 15) is 18.1 Å². The summed E-state index contributed by atoms with van der Waals surface area (Å²) in [6.45, 7) is 3.16. The van der Waals surface area contributed by atoms with E-state index < -0.39 is 10.4 Å². The Bertz CT molecular complexity index is 463. The second kappa shape index (κ2) is 21.6. The zero-order valence-corrected chi connectivity index (χ0v) is 22.1. The molecule has 1 N–H and O–H groups in total. The molecule has 1 atom stereocenters. The third-order valence-corrected chi connectivity index (χ3v) is 5.76. The molecule has 0 aliphatic rings. The smallest absolute Gasteiger partial charge is 0.217 e. The summed E-state index contributed by atoms with van der Waals surface area (Å²) in [7, 11) is 2.84. The largest absolute Gasteiger partial charge is 0.726 e. The van der Waals surface area contributed by atoms with E-state index in [4.69, 9.17) is 0 Å². The summed E-state index contributed by atoms with van der Waals surface area (Å²) < 4.78 is 31.9. The van der Waals surface area contributed by atoms with E-state index in [0.29, 0.717) is 0 Å². The summed E-state index contributed by atoms with van der Waals surface area (Å²) in [5, 5.41) is 9.98. The van der Waals surface area contributed by atoms with Crippen molar-refractivity contribution in [1.29, 1.82) is 0 Å². The molecule has 0 fully saturated rings. The summed E-state index contributed by atoms with van der Waals surface area (Å²) >= 11 is 0.